The lowest BCUT2D eigenvalue weighted by molar-refractivity contribution is 0.0755. The van der Waals surface area contributed by atoms with Gasteiger partial charge in [-0.3, -0.25) is 4.79 Å². The Morgan fingerprint density at radius 1 is 1.08 bits per heavy atom. The maximum absolute atomic E-state index is 12.8. The van der Waals surface area contributed by atoms with E-state index in [-0.39, 0.29) is 5.91 Å². The molecular weight excluding hydrogens is 312 g/mol. The number of hydrogen-bond donors (Lipinski definition) is 1. The fourth-order valence-corrected chi connectivity index (χ4v) is 3.18. The number of carbonyl (C=O) groups is 1. The molecule has 1 saturated heterocycles. The highest BCUT2D eigenvalue weighted by molar-refractivity contribution is 5.93. The van der Waals surface area contributed by atoms with Gasteiger partial charge in [-0.05, 0) is 31.7 Å². The Kier molecular flexibility index (Phi) is 5.99. The van der Waals surface area contributed by atoms with E-state index < -0.39 is 0 Å². The molecule has 1 aromatic heterocycles. The number of rotatable bonds is 5. The largest absolute Gasteiger partial charge is 0.370 e. The van der Waals surface area contributed by atoms with E-state index in [4.69, 9.17) is 0 Å². The third kappa shape index (κ3) is 5.02. The van der Waals surface area contributed by atoms with Gasteiger partial charge in [-0.2, -0.15) is 0 Å². The van der Waals surface area contributed by atoms with Crippen LogP contribution in [0.1, 0.15) is 47.6 Å². The number of hydrogen-bond acceptors (Lipinski definition) is 4. The molecule has 0 spiro atoms. The molecule has 0 radical (unpaired) electrons. The lowest BCUT2D eigenvalue weighted by Crippen LogP contribution is -2.32. The van der Waals surface area contributed by atoms with Gasteiger partial charge in [-0.1, -0.05) is 43.2 Å². The third-order valence-corrected chi connectivity index (χ3v) is 4.51. The Balaban J connectivity index is 1.64. The molecule has 3 rings (SSSR count). The van der Waals surface area contributed by atoms with E-state index in [9.17, 15) is 4.79 Å². The van der Waals surface area contributed by atoms with Crippen molar-refractivity contribution in [2.24, 2.45) is 0 Å². The molecule has 0 bridgehead atoms. The first-order valence-corrected chi connectivity index (χ1v) is 9.15. The second kappa shape index (κ2) is 8.60. The summed E-state index contributed by atoms with van der Waals surface area (Å²) in [4.78, 5) is 23.5. The van der Waals surface area contributed by atoms with E-state index in [0.29, 0.717) is 11.5 Å². The second-order valence-corrected chi connectivity index (χ2v) is 6.55. The molecule has 1 N–H and O–H groups in total. The number of aromatic nitrogens is 2. The topological polar surface area (TPSA) is 58.1 Å². The van der Waals surface area contributed by atoms with Gasteiger partial charge in [-0.15, -0.1) is 0 Å². The minimum absolute atomic E-state index is 0.0264. The highest BCUT2D eigenvalue weighted by atomic mass is 16.2. The summed E-state index contributed by atoms with van der Waals surface area (Å²) in [7, 11) is 0. The predicted octanol–water partition coefficient (Wildman–Crippen LogP) is 3.46. The predicted molar refractivity (Wildman–Crippen MR) is 99.8 cm³/mol. The van der Waals surface area contributed by atoms with Gasteiger partial charge in [0.05, 0.1) is 0 Å². The number of nitrogens with zero attached hydrogens (tertiary/aromatic N) is 3. The first-order valence-electron chi connectivity index (χ1n) is 9.15. The number of anilines is 1. The first-order chi connectivity index (χ1) is 12.2. The Morgan fingerprint density at radius 3 is 2.52 bits per heavy atom. The van der Waals surface area contributed by atoms with Crippen LogP contribution in [0.25, 0.3) is 0 Å². The standard InChI is InChI=1S/C20H26N4O/c1-16-22-18(20(25)24-13-7-2-3-8-14-24)15-19(23-16)21-12-11-17-9-5-4-6-10-17/h4-6,9-10,15H,2-3,7-8,11-14H2,1H3,(H,21,22,23). The monoisotopic (exact) mass is 338 g/mol. The summed E-state index contributed by atoms with van der Waals surface area (Å²) in [6.07, 6.45) is 5.49. The molecule has 0 unspecified atom stereocenters. The molecule has 0 saturated carbocycles. The fourth-order valence-electron chi connectivity index (χ4n) is 3.18. The minimum atomic E-state index is 0.0264. The minimum Gasteiger partial charge on any atom is -0.370 e. The summed E-state index contributed by atoms with van der Waals surface area (Å²) in [6.45, 7) is 4.27. The highest BCUT2D eigenvalue weighted by Crippen LogP contribution is 2.14. The van der Waals surface area contributed by atoms with Crippen molar-refractivity contribution in [1.29, 1.82) is 0 Å². The van der Waals surface area contributed by atoms with E-state index in [1.54, 1.807) is 6.07 Å². The van der Waals surface area contributed by atoms with Crippen LogP contribution in [0.15, 0.2) is 36.4 Å². The first kappa shape index (κ1) is 17.4. The Morgan fingerprint density at radius 2 is 1.80 bits per heavy atom. The maximum atomic E-state index is 12.8. The van der Waals surface area contributed by atoms with Gasteiger partial charge in [0.1, 0.15) is 17.3 Å². The van der Waals surface area contributed by atoms with Crippen LogP contribution in [0.2, 0.25) is 0 Å². The van der Waals surface area contributed by atoms with Crippen molar-refractivity contribution >= 4 is 11.7 Å². The average molecular weight is 338 g/mol. The van der Waals surface area contributed by atoms with Gasteiger partial charge >= 0.3 is 0 Å². The molecule has 0 atom stereocenters. The number of nitrogens with one attached hydrogen (secondary N) is 1. The van der Waals surface area contributed by atoms with Crippen LogP contribution < -0.4 is 5.32 Å². The van der Waals surface area contributed by atoms with E-state index in [1.165, 1.54) is 18.4 Å². The normalized spacial score (nSPS) is 14.8. The summed E-state index contributed by atoms with van der Waals surface area (Å²) >= 11 is 0. The van der Waals surface area contributed by atoms with Crippen LogP contribution in [0, 0.1) is 6.92 Å². The zero-order valence-electron chi connectivity index (χ0n) is 14.9. The molecule has 1 amide bonds. The Bertz CT molecular complexity index is 694. The quantitative estimate of drug-likeness (QED) is 0.907. The molecule has 5 heteroatoms. The number of benzene rings is 1. The Labute approximate surface area is 149 Å². The molecule has 1 aromatic carbocycles. The van der Waals surface area contributed by atoms with Gasteiger partial charge in [0.25, 0.3) is 5.91 Å². The highest BCUT2D eigenvalue weighted by Gasteiger charge is 2.19. The summed E-state index contributed by atoms with van der Waals surface area (Å²) in [5.74, 6) is 1.38. The van der Waals surface area contributed by atoms with Gasteiger partial charge in [0, 0.05) is 25.7 Å². The SMILES string of the molecule is Cc1nc(NCCc2ccccc2)cc(C(=O)N2CCCCCC2)n1. The molecule has 5 nitrogen and oxygen atoms in total. The lowest BCUT2D eigenvalue weighted by atomic mass is 10.1. The molecule has 1 aliphatic heterocycles. The van der Waals surface area contributed by atoms with Crippen LogP contribution in [-0.2, 0) is 6.42 Å². The van der Waals surface area contributed by atoms with Gasteiger partial charge in [0.2, 0.25) is 0 Å². The number of amides is 1. The zero-order chi connectivity index (χ0) is 17.5. The van der Waals surface area contributed by atoms with Crippen molar-refractivity contribution in [2.75, 3.05) is 25.0 Å². The van der Waals surface area contributed by atoms with Crippen LogP contribution in [-0.4, -0.2) is 40.4 Å². The fraction of sp³-hybridized carbons (Fsp3) is 0.450. The number of likely N-dealkylation sites (tertiary alicyclic amines) is 1. The molecule has 25 heavy (non-hydrogen) atoms. The van der Waals surface area contributed by atoms with Crippen LogP contribution >= 0.6 is 0 Å². The second-order valence-electron chi connectivity index (χ2n) is 6.55. The van der Waals surface area contributed by atoms with E-state index >= 15 is 0 Å². The van der Waals surface area contributed by atoms with Gasteiger partial charge < -0.3 is 10.2 Å². The van der Waals surface area contributed by atoms with E-state index in [0.717, 1.165) is 44.7 Å². The summed E-state index contributed by atoms with van der Waals surface area (Å²) in [5.41, 5.74) is 1.78. The molecule has 2 aromatic rings. The van der Waals surface area contributed by atoms with Crippen molar-refractivity contribution in [3.63, 3.8) is 0 Å². The number of aryl methyl sites for hydroxylation is 1. The zero-order valence-corrected chi connectivity index (χ0v) is 14.9. The summed E-state index contributed by atoms with van der Waals surface area (Å²) in [6, 6.07) is 12.1. The maximum Gasteiger partial charge on any atom is 0.272 e. The van der Waals surface area contributed by atoms with Crippen molar-refractivity contribution < 1.29 is 4.79 Å². The van der Waals surface area contributed by atoms with Gasteiger partial charge in [0.15, 0.2) is 0 Å². The lowest BCUT2D eigenvalue weighted by Gasteiger charge is -2.20. The van der Waals surface area contributed by atoms with E-state index in [1.807, 2.05) is 30.0 Å². The number of carbonyl (C=O) groups excluding carboxylic acids is 1. The van der Waals surface area contributed by atoms with Crippen molar-refractivity contribution in [1.82, 2.24) is 14.9 Å². The average Bonchev–Trinajstić information content (AvgIpc) is 2.91. The Hall–Kier alpha value is -2.43. The molecule has 2 heterocycles. The molecule has 1 aliphatic rings. The van der Waals surface area contributed by atoms with Crippen molar-refractivity contribution in [3.05, 3.63) is 53.5 Å². The molecule has 0 aliphatic carbocycles. The van der Waals surface area contributed by atoms with Crippen molar-refractivity contribution in [2.45, 2.75) is 39.0 Å². The molecule has 132 valence electrons. The smallest absolute Gasteiger partial charge is 0.272 e. The van der Waals surface area contributed by atoms with E-state index in [2.05, 4.69) is 27.4 Å². The van der Waals surface area contributed by atoms with Crippen LogP contribution in [0.5, 0.6) is 0 Å². The van der Waals surface area contributed by atoms with Crippen LogP contribution in [0.4, 0.5) is 5.82 Å². The van der Waals surface area contributed by atoms with Gasteiger partial charge in [-0.25, -0.2) is 9.97 Å². The van der Waals surface area contributed by atoms with Crippen molar-refractivity contribution in [3.8, 4) is 0 Å². The third-order valence-electron chi connectivity index (χ3n) is 4.51. The molecular formula is C20H26N4O. The summed E-state index contributed by atoms with van der Waals surface area (Å²) in [5, 5.41) is 3.32. The summed E-state index contributed by atoms with van der Waals surface area (Å²) < 4.78 is 0. The molecule has 1 fully saturated rings. The van der Waals surface area contributed by atoms with Crippen LogP contribution in [0.3, 0.4) is 0 Å².